The van der Waals surface area contributed by atoms with E-state index in [1.165, 1.54) is 32.4 Å². The molecule has 1 aliphatic rings. The number of nitrogens with zero attached hydrogens (tertiary/aromatic N) is 2. The van der Waals surface area contributed by atoms with Gasteiger partial charge in [0, 0.05) is 19.0 Å². The molecule has 3 atom stereocenters. The van der Waals surface area contributed by atoms with E-state index in [2.05, 4.69) is 11.8 Å². The Morgan fingerprint density at radius 2 is 1.66 bits per heavy atom. The minimum Gasteiger partial charge on any atom is -0.479 e. The number of likely N-dealkylation sites (tertiary alicyclic amines) is 1. The molecular weight excluding hydrogens is 400 g/mol. The van der Waals surface area contributed by atoms with Gasteiger partial charge in [0.2, 0.25) is 5.91 Å². The van der Waals surface area contributed by atoms with Gasteiger partial charge in [-0.1, -0.05) is 13.3 Å². The number of amides is 1. The molecular formula is C19H30N2O7S. The van der Waals surface area contributed by atoms with Gasteiger partial charge in [-0.2, -0.15) is 0 Å². The third kappa shape index (κ3) is 8.09. The number of hydrogen-bond acceptors (Lipinski definition) is 7. The van der Waals surface area contributed by atoms with Crippen LogP contribution in [0.1, 0.15) is 39.5 Å². The summed E-state index contributed by atoms with van der Waals surface area (Å²) in [6.45, 7) is 7.47. The summed E-state index contributed by atoms with van der Waals surface area (Å²) in [6, 6.07) is 4.32. The Bertz CT molecular complexity index is 629. The van der Waals surface area contributed by atoms with Crippen molar-refractivity contribution in [1.82, 2.24) is 4.90 Å². The molecule has 2 heterocycles. The van der Waals surface area contributed by atoms with E-state index in [0.717, 1.165) is 11.5 Å². The van der Waals surface area contributed by atoms with Crippen LogP contribution in [-0.2, 0) is 14.4 Å². The molecule has 10 heteroatoms. The number of carboxylic acids is 2. The summed E-state index contributed by atoms with van der Waals surface area (Å²) in [5.41, 5.74) is 0. The molecule has 1 amide bonds. The average Bonchev–Trinajstić information content (AvgIpc) is 3.22. The van der Waals surface area contributed by atoms with Crippen molar-refractivity contribution < 1.29 is 34.8 Å². The van der Waals surface area contributed by atoms with Gasteiger partial charge >= 0.3 is 11.9 Å². The third-order valence-corrected chi connectivity index (χ3v) is 5.40. The van der Waals surface area contributed by atoms with E-state index in [-0.39, 0.29) is 11.9 Å². The summed E-state index contributed by atoms with van der Waals surface area (Å²) < 4.78 is 0. The molecule has 164 valence electrons. The fraction of sp³-hybridized carbons (Fsp3) is 0.632. The number of aliphatic hydroxyl groups is 2. The van der Waals surface area contributed by atoms with Crippen LogP contribution < -0.4 is 4.90 Å². The molecule has 0 bridgehead atoms. The first-order valence-corrected chi connectivity index (χ1v) is 10.5. The number of hydrogen-bond donors (Lipinski definition) is 4. The highest BCUT2D eigenvalue weighted by Crippen LogP contribution is 2.25. The van der Waals surface area contributed by atoms with Crippen molar-refractivity contribution in [2.24, 2.45) is 0 Å². The molecule has 0 spiro atoms. The lowest BCUT2D eigenvalue weighted by Gasteiger charge is -2.34. The van der Waals surface area contributed by atoms with E-state index in [0.29, 0.717) is 6.42 Å². The van der Waals surface area contributed by atoms with Crippen LogP contribution in [0.5, 0.6) is 0 Å². The van der Waals surface area contributed by atoms with E-state index < -0.39 is 24.1 Å². The van der Waals surface area contributed by atoms with Crippen LogP contribution in [0, 0.1) is 0 Å². The second-order valence-electron chi connectivity index (χ2n) is 6.85. The number of rotatable bonds is 8. The van der Waals surface area contributed by atoms with Crippen LogP contribution in [0.3, 0.4) is 0 Å². The Kier molecular flexibility index (Phi) is 10.8. The van der Waals surface area contributed by atoms with Gasteiger partial charge < -0.3 is 25.3 Å². The molecule has 0 aromatic carbocycles. The van der Waals surface area contributed by atoms with Crippen LogP contribution in [0.25, 0.3) is 0 Å². The average molecular weight is 431 g/mol. The van der Waals surface area contributed by atoms with E-state index in [4.69, 9.17) is 20.4 Å². The SMILES string of the molecule is CCC(=O)N(c1cccs1)C(C)CN1CCCCC1.O=C(O)C(O)C(O)C(=O)O. The lowest BCUT2D eigenvalue weighted by molar-refractivity contribution is -0.165. The van der Waals surface area contributed by atoms with Crippen LogP contribution in [0.2, 0.25) is 0 Å². The minimum absolute atomic E-state index is 0.229. The zero-order valence-electron chi connectivity index (χ0n) is 16.7. The highest BCUT2D eigenvalue weighted by Gasteiger charge is 2.29. The zero-order valence-corrected chi connectivity index (χ0v) is 17.5. The second-order valence-corrected chi connectivity index (χ2v) is 7.77. The Hall–Kier alpha value is -2.01. The van der Waals surface area contributed by atoms with Crippen LogP contribution in [0.4, 0.5) is 5.00 Å². The molecule has 2 rings (SSSR count). The maximum absolute atomic E-state index is 12.2. The monoisotopic (exact) mass is 430 g/mol. The van der Waals surface area contributed by atoms with Crippen LogP contribution >= 0.6 is 11.3 Å². The van der Waals surface area contributed by atoms with Gasteiger partial charge in [-0.05, 0) is 50.4 Å². The Morgan fingerprint density at radius 1 is 1.10 bits per heavy atom. The van der Waals surface area contributed by atoms with Crippen molar-refractivity contribution in [3.05, 3.63) is 17.5 Å². The molecule has 1 aliphatic heterocycles. The maximum atomic E-state index is 12.2. The third-order valence-electron chi connectivity index (χ3n) is 4.53. The largest absolute Gasteiger partial charge is 0.479 e. The van der Waals surface area contributed by atoms with Gasteiger partial charge in [0.15, 0.2) is 12.2 Å². The Morgan fingerprint density at radius 3 is 2.07 bits per heavy atom. The molecule has 4 N–H and O–H groups in total. The van der Waals surface area contributed by atoms with Gasteiger partial charge in [-0.3, -0.25) is 9.69 Å². The van der Waals surface area contributed by atoms with Gasteiger partial charge in [-0.25, -0.2) is 9.59 Å². The van der Waals surface area contributed by atoms with Gasteiger partial charge in [0.25, 0.3) is 0 Å². The van der Waals surface area contributed by atoms with Crippen molar-refractivity contribution in [2.45, 2.75) is 57.8 Å². The number of thiophene rings is 1. The number of aliphatic carboxylic acids is 2. The van der Waals surface area contributed by atoms with E-state index in [1.807, 2.05) is 29.3 Å². The summed E-state index contributed by atoms with van der Waals surface area (Å²) in [6.07, 6.45) is -0.00806. The standard InChI is InChI=1S/C15H24N2OS.C4H6O6/c1-3-14(18)17(15-8-7-11-19-15)13(2)12-16-9-5-4-6-10-16;5-1(3(7)8)2(6)4(9)10/h7-8,11,13H,3-6,9-10,12H2,1-2H3;1-2,5-6H,(H,7,8)(H,9,10). The smallest absolute Gasteiger partial charge is 0.335 e. The maximum Gasteiger partial charge on any atom is 0.335 e. The molecule has 0 saturated carbocycles. The minimum atomic E-state index is -2.27. The first kappa shape index (κ1) is 25.0. The quantitative estimate of drug-likeness (QED) is 0.483. The van der Waals surface area contributed by atoms with Gasteiger partial charge in [0.05, 0.1) is 5.00 Å². The molecule has 1 saturated heterocycles. The fourth-order valence-corrected chi connectivity index (χ4v) is 3.88. The predicted molar refractivity (Wildman–Crippen MR) is 109 cm³/mol. The number of anilines is 1. The van der Waals surface area contributed by atoms with E-state index >= 15 is 0 Å². The number of piperidine rings is 1. The summed E-state index contributed by atoms with van der Waals surface area (Å²) in [5.74, 6) is -3.31. The topological polar surface area (TPSA) is 139 Å². The normalized spacial score (nSPS) is 17.4. The lowest BCUT2D eigenvalue weighted by atomic mass is 10.1. The highest BCUT2D eigenvalue weighted by atomic mass is 32.1. The number of carbonyl (C=O) groups is 3. The van der Waals surface area contributed by atoms with E-state index in [9.17, 15) is 14.4 Å². The summed E-state index contributed by atoms with van der Waals surface area (Å²) >= 11 is 1.65. The van der Waals surface area contributed by atoms with Gasteiger partial charge in [0.1, 0.15) is 0 Å². The summed E-state index contributed by atoms with van der Waals surface area (Å²) in [5, 5.41) is 35.6. The Labute approximate surface area is 174 Å². The molecule has 29 heavy (non-hydrogen) atoms. The van der Waals surface area contributed by atoms with E-state index in [1.54, 1.807) is 11.3 Å². The molecule has 1 aromatic rings. The first-order chi connectivity index (χ1) is 13.7. The molecule has 1 aromatic heterocycles. The number of aliphatic hydroxyl groups excluding tert-OH is 2. The molecule has 0 aliphatic carbocycles. The fourth-order valence-electron chi connectivity index (χ4n) is 3.03. The van der Waals surface area contributed by atoms with Crippen molar-refractivity contribution in [2.75, 3.05) is 24.5 Å². The molecule has 1 fully saturated rings. The van der Waals surface area contributed by atoms with Crippen molar-refractivity contribution in [1.29, 1.82) is 0 Å². The van der Waals surface area contributed by atoms with Crippen LogP contribution in [-0.4, -0.2) is 81.1 Å². The number of carbonyl (C=O) groups excluding carboxylic acids is 1. The zero-order chi connectivity index (χ0) is 22.0. The molecule has 9 nitrogen and oxygen atoms in total. The molecule has 3 unspecified atom stereocenters. The van der Waals surface area contributed by atoms with Gasteiger partial charge in [-0.15, -0.1) is 11.3 Å². The Balaban J connectivity index is 0.000000359. The highest BCUT2D eigenvalue weighted by molar-refractivity contribution is 7.14. The lowest BCUT2D eigenvalue weighted by Crippen LogP contribution is -2.46. The van der Waals surface area contributed by atoms with Crippen molar-refractivity contribution >= 4 is 34.2 Å². The summed E-state index contributed by atoms with van der Waals surface area (Å²) in [7, 11) is 0. The summed E-state index contributed by atoms with van der Waals surface area (Å²) in [4.78, 5) is 36.2. The van der Waals surface area contributed by atoms with Crippen molar-refractivity contribution in [3.8, 4) is 0 Å². The van der Waals surface area contributed by atoms with Crippen molar-refractivity contribution in [3.63, 3.8) is 0 Å². The number of carboxylic acid groups (broad SMARTS) is 2. The molecule has 0 radical (unpaired) electrons. The second kappa shape index (κ2) is 12.5. The first-order valence-electron chi connectivity index (χ1n) is 9.58. The van der Waals surface area contributed by atoms with Crippen LogP contribution in [0.15, 0.2) is 17.5 Å². The predicted octanol–water partition coefficient (Wildman–Crippen LogP) is 1.24.